The molecule has 3 heterocycles. The molecule has 2 fully saturated rings. The fraction of sp³-hybridized carbons (Fsp3) is 0.696. The third-order valence-corrected chi connectivity index (χ3v) is 8.53. The van der Waals surface area contributed by atoms with Gasteiger partial charge in [-0.05, 0) is 56.1 Å². The topological polar surface area (TPSA) is 120 Å². The Kier molecular flexibility index (Phi) is 8.69. The number of carbonyl (C=O) groups is 2. The molecule has 0 aliphatic carbocycles. The van der Waals surface area contributed by atoms with Gasteiger partial charge in [0.15, 0.2) is 0 Å². The number of carbonyl (C=O) groups excluding carboxylic acids is 1. The summed E-state index contributed by atoms with van der Waals surface area (Å²) >= 11 is 0. The Hall–Kier alpha value is -2.20. The Morgan fingerprint density at radius 1 is 1.12 bits per heavy atom. The second kappa shape index (κ2) is 11.3. The number of aliphatic carboxylic acids is 1. The molecule has 2 aliphatic rings. The zero-order chi connectivity index (χ0) is 23.9. The van der Waals surface area contributed by atoms with Crippen LogP contribution in [0.5, 0.6) is 0 Å². The number of rotatable bonds is 10. The third kappa shape index (κ3) is 7.14. The number of carboxylic acid groups (broad SMARTS) is 1. The summed E-state index contributed by atoms with van der Waals surface area (Å²) in [5.74, 6) is -1.45. The van der Waals surface area contributed by atoms with Crippen LogP contribution >= 0.6 is 0 Å². The lowest BCUT2D eigenvalue weighted by Crippen LogP contribution is -2.48. The molecular formula is C23H36N4O5S. The smallest absolute Gasteiger partial charge is 0.321 e. The van der Waals surface area contributed by atoms with Crippen molar-refractivity contribution in [3.63, 3.8) is 0 Å². The first-order valence-electron chi connectivity index (χ1n) is 11.9. The molecule has 0 radical (unpaired) electrons. The number of hydrogen-bond donors (Lipinski definition) is 2. The van der Waals surface area contributed by atoms with E-state index in [9.17, 15) is 23.1 Å². The molecule has 0 bridgehead atoms. The molecule has 33 heavy (non-hydrogen) atoms. The number of sulfonamides is 1. The van der Waals surface area contributed by atoms with Crippen molar-refractivity contribution in [1.82, 2.24) is 14.6 Å². The van der Waals surface area contributed by atoms with Crippen LogP contribution in [0.3, 0.4) is 0 Å². The molecule has 3 rings (SSSR count). The molecule has 2 N–H and O–H groups in total. The standard InChI is InChI=1S/C23H36N4O5S/c1-2-3-18-33(31,32)25-20(22(29)30)4-5-21(28)27-16-10-23(11-17-27)8-14-26(15-9-23)19-6-12-24-13-7-19/h6-7,12-13,20,25H,2-5,8-11,14-18H2,1H3,(H,29,30)/t20-/m0/s1. The first kappa shape index (κ1) is 25.4. The Morgan fingerprint density at radius 3 is 2.30 bits per heavy atom. The monoisotopic (exact) mass is 480 g/mol. The lowest BCUT2D eigenvalue weighted by atomic mass is 9.71. The summed E-state index contributed by atoms with van der Waals surface area (Å²) in [6.07, 6.45) is 8.88. The van der Waals surface area contributed by atoms with Crippen molar-refractivity contribution in [2.24, 2.45) is 5.41 Å². The van der Waals surface area contributed by atoms with Crippen molar-refractivity contribution in [2.75, 3.05) is 36.8 Å². The van der Waals surface area contributed by atoms with Crippen molar-refractivity contribution in [2.45, 2.75) is 64.3 Å². The fourth-order valence-electron chi connectivity index (χ4n) is 4.79. The zero-order valence-electron chi connectivity index (χ0n) is 19.4. The molecule has 1 aromatic heterocycles. The number of hydrogen-bond acceptors (Lipinski definition) is 6. The molecule has 2 saturated heterocycles. The number of carboxylic acids is 1. The highest BCUT2D eigenvalue weighted by molar-refractivity contribution is 7.89. The second-order valence-electron chi connectivity index (χ2n) is 9.29. The summed E-state index contributed by atoms with van der Waals surface area (Å²) in [5, 5.41) is 9.40. The highest BCUT2D eigenvalue weighted by Crippen LogP contribution is 2.42. The summed E-state index contributed by atoms with van der Waals surface area (Å²) in [6.45, 7) is 5.21. The predicted molar refractivity (Wildman–Crippen MR) is 126 cm³/mol. The normalized spacial score (nSPS) is 19.4. The number of unbranched alkanes of at least 4 members (excludes halogenated alkanes) is 1. The lowest BCUT2D eigenvalue weighted by molar-refractivity contribution is -0.139. The summed E-state index contributed by atoms with van der Waals surface area (Å²) in [4.78, 5) is 32.5. The molecule has 0 unspecified atom stereocenters. The van der Waals surface area contributed by atoms with E-state index in [-0.39, 0.29) is 29.9 Å². The maximum atomic E-state index is 12.7. The van der Waals surface area contributed by atoms with E-state index in [4.69, 9.17) is 0 Å². The van der Waals surface area contributed by atoms with E-state index >= 15 is 0 Å². The van der Waals surface area contributed by atoms with Crippen molar-refractivity contribution in [3.05, 3.63) is 24.5 Å². The molecule has 1 spiro atoms. The average molecular weight is 481 g/mol. The summed E-state index contributed by atoms with van der Waals surface area (Å²) in [7, 11) is -3.67. The molecule has 1 aromatic rings. The molecule has 1 amide bonds. The van der Waals surface area contributed by atoms with E-state index < -0.39 is 22.0 Å². The van der Waals surface area contributed by atoms with E-state index in [1.165, 1.54) is 5.69 Å². The first-order chi connectivity index (χ1) is 15.7. The van der Waals surface area contributed by atoms with Crippen LogP contribution in [0.25, 0.3) is 0 Å². The van der Waals surface area contributed by atoms with Crippen molar-refractivity contribution < 1.29 is 23.1 Å². The second-order valence-corrected chi connectivity index (χ2v) is 11.2. The van der Waals surface area contributed by atoms with Gasteiger partial charge >= 0.3 is 5.97 Å². The quantitative estimate of drug-likeness (QED) is 0.527. The van der Waals surface area contributed by atoms with E-state index in [1.54, 1.807) is 0 Å². The number of nitrogens with one attached hydrogen (secondary N) is 1. The maximum absolute atomic E-state index is 12.7. The lowest BCUT2D eigenvalue weighted by Gasteiger charge is -2.47. The van der Waals surface area contributed by atoms with Gasteiger partial charge in [0.1, 0.15) is 6.04 Å². The van der Waals surface area contributed by atoms with Gasteiger partial charge in [0, 0.05) is 50.7 Å². The van der Waals surface area contributed by atoms with Crippen LogP contribution in [0, 0.1) is 5.41 Å². The molecule has 9 nitrogen and oxygen atoms in total. The first-order valence-corrected chi connectivity index (χ1v) is 13.5. The minimum Gasteiger partial charge on any atom is -0.480 e. The summed E-state index contributed by atoms with van der Waals surface area (Å²) < 4.78 is 26.4. The van der Waals surface area contributed by atoms with Crippen LogP contribution in [-0.4, -0.2) is 73.3 Å². The average Bonchev–Trinajstić information content (AvgIpc) is 2.81. The Labute approximate surface area is 196 Å². The third-order valence-electron chi connectivity index (χ3n) is 7.06. The number of anilines is 1. The SMILES string of the molecule is CCCCS(=O)(=O)N[C@@H](CCC(=O)N1CCC2(CC1)CCN(c1ccncc1)CC2)C(=O)O. The van der Waals surface area contributed by atoms with E-state index in [0.29, 0.717) is 25.9 Å². The number of piperidine rings is 2. The highest BCUT2D eigenvalue weighted by Gasteiger charge is 2.38. The predicted octanol–water partition coefficient (Wildman–Crippen LogP) is 2.24. The number of amides is 1. The van der Waals surface area contributed by atoms with Gasteiger partial charge < -0.3 is 14.9 Å². The van der Waals surface area contributed by atoms with Gasteiger partial charge in [-0.2, -0.15) is 0 Å². The minimum atomic E-state index is -3.67. The van der Waals surface area contributed by atoms with Gasteiger partial charge in [0.2, 0.25) is 15.9 Å². The van der Waals surface area contributed by atoms with Crippen molar-refractivity contribution >= 4 is 27.6 Å². The van der Waals surface area contributed by atoms with Crippen LogP contribution < -0.4 is 9.62 Å². The molecule has 10 heteroatoms. The fourth-order valence-corrected chi connectivity index (χ4v) is 6.23. The van der Waals surface area contributed by atoms with Gasteiger partial charge in [-0.1, -0.05) is 13.3 Å². The Morgan fingerprint density at radius 2 is 1.73 bits per heavy atom. The summed E-state index contributed by atoms with van der Waals surface area (Å²) in [5.41, 5.74) is 1.46. The maximum Gasteiger partial charge on any atom is 0.321 e. The van der Waals surface area contributed by atoms with Gasteiger partial charge in [0.05, 0.1) is 5.75 Å². The zero-order valence-corrected chi connectivity index (χ0v) is 20.2. The molecule has 184 valence electrons. The number of pyridine rings is 1. The van der Waals surface area contributed by atoms with E-state index in [1.807, 2.05) is 36.4 Å². The number of nitrogens with zero attached hydrogens (tertiary/aromatic N) is 3. The molecule has 0 aromatic carbocycles. The van der Waals surface area contributed by atoms with Gasteiger partial charge in [-0.3, -0.25) is 14.6 Å². The van der Waals surface area contributed by atoms with Gasteiger partial charge in [-0.25, -0.2) is 13.1 Å². The van der Waals surface area contributed by atoms with Crippen LogP contribution in [0.1, 0.15) is 58.3 Å². The number of aromatic nitrogens is 1. The Bertz CT molecular complexity index is 891. The molecular weight excluding hydrogens is 444 g/mol. The van der Waals surface area contributed by atoms with Crippen LogP contribution in [0.15, 0.2) is 24.5 Å². The molecule has 0 saturated carbocycles. The van der Waals surface area contributed by atoms with Crippen molar-refractivity contribution in [3.8, 4) is 0 Å². The Balaban J connectivity index is 1.45. The molecule has 1 atom stereocenters. The van der Waals surface area contributed by atoms with Gasteiger partial charge in [0.25, 0.3) is 0 Å². The number of likely N-dealkylation sites (tertiary alicyclic amines) is 1. The summed E-state index contributed by atoms with van der Waals surface area (Å²) in [6, 6.07) is 2.80. The molecule has 2 aliphatic heterocycles. The van der Waals surface area contributed by atoms with Crippen LogP contribution in [-0.2, 0) is 19.6 Å². The van der Waals surface area contributed by atoms with Gasteiger partial charge in [-0.15, -0.1) is 0 Å². The highest BCUT2D eigenvalue weighted by atomic mass is 32.2. The largest absolute Gasteiger partial charge is 0.480 e. The van der Waals surface area contributed by atoms with E-state index in [2.05, 4.69) is 14.6 Å². The van der Waals surface area contributed by atoms with E-state index in [0.717, 1.165) is 38.8 Å². The van der Waals surface area contributed by atoms with Crippen LogP contribution in [0.4, 0.5) is 5.69 Å². The van der Waals surface area contributed by atoms with Crippen LogP contribution in [0.2, 0.25) is 0 Å². The minimum absolute atomic E-state index is 0.0239. The van der Waals surface area contributed by atoms with Crippen molar-refractivity contribution in [1.29, 1.82) is 0 Å².